The number of rotatable bonds is 0. The van der Waals surface area contributed by atoms with Crippen molar-refractivity contribution in [2.24, 2.45) is 16.2 Å². The third kappa shape index (κ3) is 2.37. The zero-order valence-corrected chi connectivity index (χ0v) is 16.6. The summed E-state index contributed by atoms with van der Waals surface area (Å²) in [7, 11) is 0. The first-order chi connectivity index (χ1) is 6.71. The van der Waals surface area contributed by atoms with Crippen molar-refractivity contribution in [2.75, 3.05) is 0 Å². The van der Waals surface area contributed by atoms with Crippen LogP contribution in [0.5, 0.6) is 0 Å². The molecule has 1 fully saturated rings. The topological polar surface area (TPSA) is 9.23 Å². The van der Waals surface area contributed by atoms with Gasteiger partial charge in [-0.25, -0.2) is 0 Å². The molecule has 1 aliphatic heterocycles. The molecule has 1 rings (SSSR count). The summed E-state index contributed by atoms with van der Waals surface area (Å²) < 4.78 is 6.24. The van der Waals surface area contributed by atoms with Crippen molar-refractivity contribution >= 4 is 12.6 Å². The molecule has 115 valence electrons. The Labute approximate surface area is 136 Å². The van der Waals surface area contributed by atoms with Gasteiger partial charge in [-0.2, -0.15) is 0 Å². The first-order valence-corrected chi connectivity index (χ1v) is 6.52. The zero-order valence-electron chi connectivity index (χ0n) is 13.6. The fraction of sp³-hybridized carbons (Fsp3) is 0.933. The predicted octanol–water partition coefficient (Wildman–Crippen LogP) is 4.58. The molecule has 1 aliphatic rings. The number of ether oxygens (including phenoxy) is 1. The van der Waals surface area contributed by atoms with Gasteiger partial charge >= 0.3 is 0 Å². The summed E-state index contributed by atoms with van der Waals surface area (Å²) in [6, 6.07) is 0. The van der Waals surface area contributed by atoms with Crippen LogP contribution >= 0.6 is 0 Å². The van der Waals surface area contributed by atoms with Gasteiger partial charge in [0.15, 0.2) is 0 Å². The molecule has 0 N–H and O–H groups in total. The second-order valence-corrected chi connectivity index (χ2v) is 8.21. The summed E-state index contributed by atoms with van der Waals surface area (Å²) in [6.45, 7) is 20.1. The van der Waals surface area contributed by atoms with E-state index in [2.05, 4.69) is 55.4 Å². The maximum absolute atomic E-state index is 6.24. The van der Waals surface area contributed by atoms with E-state index in [0.717, 1.165) is 0 Å². The van der Waals surface area contributed by atoms with E-state index in [1.165, 1.54) is 0 Å². The van der Waals surface area contributed by atoms with Crippen molar-refractivity contribution < 1.29 is 27.1 Å². The molecule has 0 saturated carbocycles. The quantitative estimate of drug-likeness (QED) is 0.300. The summed E-state index contributed by atoms with van der Waals surface area (Å²) in [4.78, 5) is -0.518. The first kappa shape index (κ1) is 21.4. The molecule has 0 aromatic heterocycles. The minimum absolute atomic E-state index is 0. The van der Waals surface area contributed by atoms with Gasteiger partial charge in [0.05, 0.1) is 5.60 Å². The van der Waals surface area contributed by atoms with Crippen molar-refractivity contribution in [2.45, 2.75) is 72.8 Å². The Morgan fingerprint density at radius 2 is 1.00 bits per heavy atom. The largest absolute Gasteiger partial charge is 0.757 e. The van der Waals surface area contributed by atoms with E-state index in [0.29, 0.717) is 0 Å². The maximum Gasteiger partial charge on any atom is 0.0663 e. The third-order valence-corrected chi connectivity index (χ3v) is 6.81. The van der Waals surface area contributed by atoms with Crippen LogP contribution in [0.15, 0.2) is 0 Å². The molecule has 1 nitrogen and oxygen atoms in total. The normalized spacial score (nSPS) is 35.0. The van der Waals surface area contributed by atoms with E-state index in [9.17, 15) is 0 Å². The summed E-state index contributed by atoms with van der Waals surface area (Å²) in [5.74, 6) is 0. The molecule has 0 bridgehead atoms. The molecule has 1 atom stereocenters. The molecule has 0 aromatic rings. The van der Waals surface area contributed by atoms with E-state index in [1.807, 2.05) is 6.92 Å². The summed E-state index contributed by atoms with van der Waals surface area (Å²) in [6.07, 6.45) is 0. The number of hydrogen-bond donors (Lipinski definition) is 0. The van der Waals surface area contributed by atoms with Crippen LogP contribution in [-0.4, -0.2) is 10.5 Å². The molecule has 0 aliphatic carbocycles. The molecule has 1 saturated heterocycles. The SMILES string of the molecule is CC1(C)OC(C)([S-])C(C)(C)C(C)(C)C1(C)C.[Au].[CH3-]. The minimum Gasteiger partial charge on any atom is -0.757 e. The van der Waals surface area contributed by atoms with Gasteiger partial charge in [0.1, 0.15) is 0 Å². The van der Waals surface area contributed by atoms with Gasteiger partial charge in [-0.1, -0.05) is 48.5 Å². The van der Waals surface area contributed by atoms with Crippen LogP contribution in [-0.2, 0) is 39.7 Å². The smallest absolute Gasteiger partial charge is 0.0663 e. The predicted molar refractivity (Wildman–Crippen MR) is 78.7 cm³/mol. The van der Waals surface area contributed by atoms with Gasteiger partial charge in [-0.05, 0) is 35.0 Å². The first-order valence-electron chi connectivity index (χ1n) is 6.11. The van der Waals surface area contributed by atoms with E-state index in [1.54, 1.807) is 0 Å². The molecule has 1 radical (unpaired) electrons. The molecule has 0 spiro atoms. The third-order valence-electron chi connectivity index (χ3n) is 6.22. The van der Waals surface area contributed by atoms with Gasteiger partial charge in [-0.3, -0.25) is 0 Å². The molecule has 0 amide bonds. The van der Waals surface area contributed by atoms with Crippen LogP contribution in [0.4, 0.5) is 0 Å². The summed E-state index contributed by atoms with van der Waals surface area (Å²) in [5, 5.41) is 0. The standard InChI is InChI=1S/C14H28OS.CH3.Au/c1-10(2)11(3,4)13(7,8)15-14(9,16)12(10,5)6;;/h16H,1-9H3;1H3;/q;-1;/p-1. The van der Waals surface area contributed by atoms with E-state index < -0.39 is 4.93 Å². The monoisotopic (exact) mass is 455 g/mol. The fourth-order valence-corrected chi connectivity index (χ4v) is 3.31. The second-order valence-electron chi connectivity index (χ2n) is 7.43. The fourth-order valence-electron chi connectivity index (χ4n) is 2.84. The van der Waals surface area contributed by atoms with E-state index >= 15 is 0 Å². The van der Waals surface area contributed by atoms with Crippen LogP contribution in [0.3, 0.4) is 0 Å². The Morgan fingerprint density at radius 3 is 1.33 bits per heavy atom. The van der Waals surface area contributed by atoms with Crippen LogP contribution in [0.25, 0.3) is 0 Å². The van der Waals surface area contributed by atoms with Crippen LogP contribution in [0.1, 0.15) is 62.3 Å². The van der Waals surface area contributed by atoms with E-state index in [-0.39, 0.29) is 51.7 Å². The van der Waals surface area contributed by atoms with Crippen LogP contribution in [0.2, 0.25) is 0 Å². The molecule has 1 unspecified atom stereocenters. The Morgan fingerprint density at radius 1 is 0.667 bits per heavy atom. The molecule has 0 aromatic carbocycles. The van der Waals surface area contributed by atoms with Crippen molar-refractivity contribution in [3.8, 4) is 0 Å². The van der Waals surface area contributed by atoms with Gasteiger partial charge in [-0.15, -0.1) is 0 Å². The molecule has 1 heterocycles. The number of hydrogen-bond acceptors (Lipinski definition) is 2. The molecule has 3 heteroatoms. The van der Waals surface area contributed by atoms with Gasteiger partial charge in [0.2, 0.25) is 0 Å². The average Bonchev–Trinajstić information content (AvgIpc) is 1.98. The van der Waals surface area contributed by atoms with Crippen molar-refractivity contribution in [1.82, 2.24) is 0 Å². The van der Waals surface area contributed by atoms with Gasteiger partial charge in [0, 0.05) is 22.4 Å². The molecular weight excluding hydrogens is 425 g/mol. The Hall–Kier alpha value is 1.05. The van der Waals surface area contributed by atoms with E-state index in [4.69, 9.17) is 17.4 Å². The van der Waals surface area contributed by atoms with Crippen molar-refractivity contribution in [3.63, 3.8) is 0 Å². The Balaban J connectivity index is 0. The molecule has 18 heavy (non-hydrogen) atoms. The van der Waals surface area contributed by atoms with Crippen LogP contribution in [0, 0.1) is 23.7 Å². The Bertz CT molecular complexity index is 276. The second kappa shape index (κ2) is 5.11. The average molecular weight is 455 g/mol. The Kier molecular flexibility index (Phi) is 6.06. The van der Waals surface area contributed by atoms with Gasteiger partial charge < -0.3 is 24.8 Å². The van der Waals surface area contributed by atoms with Crippen molar-refractivity contribution in [1.29, 1.82) is 0 Å². The summed E-state index contributed by atoms with van der Waals surface area (Å²) in [5.41, 5.74) is -0.0725. The summed E-state index contributed by atoms with van der Waals surface area (Å²) >= 11 is 5.71. The van der Waals surface area contributed by atoms with Crippen molar-refractivity contribution in [3.05, 3.63) is 7.43 Å². The minimum atomic E-state index is -0.518. The molecular formula is C15H30AuOS-2. The maximum atomic E-state index is 6.24. The van der Waals surface area contributed by atoms with Crippen LogP contribution < -0.4 is 0 Å². The zero-order chi connectivity index (χ0) is 13.2. The van der Waals surface area contributed by atoms with Gasteiger partial charge in [0.25, 0.3) is 0 Å².